The van der Waals surface area contributed by atoms with Crippen molar-refractivity contribution < 1.29 is 4.42 Å². The molecule has 1 aromatic heterocycles. The Morgan fingerprint density at radius 1 is 1.00 bits per heavy atom. The van der Waals surface area contributed by atoms with E-state index < -0.39 is 0 Å². The Labute approximate surface area is 112 Å². The second-order valence-corrected chi connectivity index (χ2v) is 4.60. The lowest BCUT2D eigenvalue weighted by molar-refractivity contribution is 0.438. The maximum absolute atomic E-state index is 5.80. The van der Waals surface area contributed by atoms with Crippen LogP contribution in [0.2, 0.25) is 0 Å². The van der Waals surface area contributed by atoms with E-state index in [1.54, 1.807) is 22.4 Å². The van der Waals surface area contributed by atoms with Crippen molar-refractivity contribution in [1.82, 2.24) is 10.0 Å². The SMILES string of the molecule is CN(C)/N=C\c1cc2cccc(/C=N\N(C)C)c2o1. The molecule has 2 aromatic rings. The first-order chi connectivity index (χ1) is 9.06. The van der Waals surface area contributed by atoms with Crippen molar-refractivity contribution >= 4 is 23.4 Å². The lowest BCUT2D eigenvalue weighted by Gasteiger charge is -2.02. The van der Waals surface area contributed by atoms with Crippen LogP contribution in [0.15, 0.2) is 38.9 Å². The van der Waals surface area contributed by atoms with Crippen molar-refractivity contribution in [3.63, 3.8) is 0 Å². The molecule has 0 fully saturated rings. The van der Waals surface area contributed by atoms with E-state index >= 15 is 0 Å². The third kappa shape index (κ3) is 3.34. The van der Waals surface area contributed by atoms with Crippen LogP contribution in [-0.2, 0) is 0 Å². The predicted octanol–water partition coefficient (Wildman–Crippen LogP) is 2.22. The molecule has 0 saturated carbocycles. The normalized spacial score (nSPS) is 11.8. The largest absolute Gasteiger partial charge is 0.454 e. The van der Waals surface area contributed by atoms with Crippen LogP contribution in [0.1, 0.15) is 11.3 Å². The highest BCUT2D eigenvalue weighted by Gasteiger charge is 2.05. The van der Waals surface area contributed by atoms with Crippen LogP contribution in [0.5, 0.6) is 0 Å². The van der Waals surface area contributed by atoms with E-state index in [1.807, 2.05) is 52.5 Å². The first-order valence-electron chi connectivity index (χ1n) is 6.01. The van der Waals surface area contributed by atoms with Gasteiger partial charge in [-0.15, -0.1) is 0 Å². The molecule has 0 spiro atoms. The van der Waals surface area contributed by atoms with Gasteiger partial charge in [0.2, 0.25) is 0 Å². The molecule has 1 heterocycles. The fourth-order valence-corrected chi connectivity index (χ4v) is 1.62. The molecule has 0 aliphatic carbocycles. The van der Waals surface area contributed by atoms with Gasteiger partial charge in [0, 0.05) is 39.1 Å². The third-order valence-electron chi connectivity index (χ3n) is 2.44. The Morgan fingerprint density at radius 2 is 1.68 bits per heavy atom. The van der Waals surface area contributed by atoms with Crippen LogP contribution in [0.3, 0.4) is 0 Å². The van der Waals surface area contributed by atoms with Crippen molar-refractivity contribution in [2.24, 2.45) is 10.2 Å². The third-order valence-corrected chi connectivity index (χ3v) is 2.44. The van der Waals surface area contributed by atoms with Gasteiger partial charge in [-0.2, -0.15) is 10.2 Å². The topological polar surface area (TPSA) is 44.3 Å². The summed E-state index contributed by atoms with van der Waals surface area (Å²) in [6.45, 7) is 0. The fraction of sp³-hybridized carbons (Fsp3) is 0.286. The summed E-state index contributed by atoms with van der Waals surface area (Å²) >= 11 is 0. The molecule has 0 bridgehead atoms. The molecule has 0 amide bonds. The number of hydrazone groups is 2. The molecule has 1 aromatic carbocycles. The smallest absolute Gasteiger partial charge is 0.148 e. The second-order valence-electron chi connectivity index (χ2n) is 4.60. The monoisotopic (exact) mass is 258 g/mol. The van der Waals surface area contributed by atoms with Gasteiger partial charge in [0.15, 0.2) is 0 Å². The quantitative estimate of drug-likeness (QED) is 0.624. The fourth-order valence-electron chi connectivity index (χ4n) is 1.62. The van der Waals surface area contributed by atoms with Gasteiger partial charge in [-0.05, 0) is 12.1 Å². The lowest BCUT2D eigenvalue weighted by Crippen LogP contribution is -2.01. The van der Waals surface area contributed by atoms with Crippen LogP contribution in [0.25, 0.3) is 11.0 Å². The van der Waals surface area contributed by atoms with E-state index in [1.165, 1.54) is 0 Å². The molecule has 0 N–H and O–H groups in total. The zero-order valence-electron chi connectivity index (χ0n) is 11.7. The van der Waals surface area contributed by atoms with Crippen molar-refractivity contribution in [3.8, 4) is 0 Å². The second kappa shape index (κ2) is 5.56. The number of furan rings is 1. The average molecular weight is 258 g/mol. The van der Waals surface area contributed by atoms with Gasteiger partial charge in [0.05, 0.1) is 12.4 Å². The minimum absolute atomic E-state index is 0.731. The molecule has 0 atom stereocenters. The van der Waals surface area contributed by atoms with E-state index in [4.69, 9.17) is 4.42 Å². The summed E-state index contributed by atoms with van der Waals surface area (Å²) in [7, 11) is 7.50. The van der Waals surface area contributed by atoms with Crippen molar-refractivity contribution in [2.75, 3.05) is 28.2 Å². The van der Waals surface area contributed by atoms with Gasteiger partial charge >= 0.3 is 0 Å². The van der Waals surface area contributed by atoms with Gasteiger partial charge in [0.1, 0.15) is 11.3 Å². The van der Waals surface area contributed by atoms with E-state index in [0.29, 0.717) is 0 Å². The van der Waals surface area contributed by atoms with Crippen molar-refractivity contribution in [2.45, 2.75) is 0 Å². The standard InChI is InChI=1S/C14H18N4O/c1-17(2)15-9-12-7-5-6-11-8-13(19-14(11)12)10-16-18(3)4/h5-10H,1-4H3/b15-9-,16-10-. The van der Waals surface area contributed by atoms with Crippen LogP contribution in [0, 0.1) is 0 Å². The van der Waals surface area contributed by atoms with E-state index in [9.17, 15) is 0 Å². The van der Waals surface area contributed by atoms with Crippen LogP contribution in [-0.4, -0.2) is 50.6 Å². The highest BCUT2D eigenvalue weighted by Crippen LogP contribution is 2.21. The minimum Gasteiger partial charge on any atom is -0.454 e. The van der Waals surface area contributed by atoms with E-state index in [2.05, 4.69) is 10.2 Å². The Hall–Kier alpha value is -2.30. The maximum atomic E-state index is 5.80. The molecule has 100 valence electrons. The van der Waals surface area contributed by atoms with Crippen LogP contribution in [0.4, 0.5) is 0 Å². The molecule has 5 nitrogen and oxygen atoms in total. The average Bonchev–Trinajstić information content (AvgIpc) is 2.77. The van der Waals surface area contributed by atoms with Gasteiger partial charge in [-0.1, -0.05) is 12.1 Å². The highest BCUT2D eigenvalue weighted by molar-refractivity contribution is 5.98. The number of nitrogens with zero attached hydrogens (tertiary/aromatic N) is 4. The van der Waals surface area contributed by atoms with Gasteiger partial charge in [0.25, 0.3) is 0 Å². The Bertz CT molecular complexity index is 611. The van der Waals surface area contributed by atoms with E-state index in [0.717, 1.165) is 22.3 Å². The summed E-state index contributed by atoms with van der Waals surface area (Å²) < 4.78 is 5.80. The van der Waals surface area contributed by atoms with Crippen molar-refractivity contribution in [1.29, 1.82) is 0 Å². The van der Waals surface area contributed by atoms with E-state index in [-0.39, 0.29) is 0 Å². The zero-order valence-corrected chi connectivity index (χ0v) is 11.7. The van der Waals surface area contributed by atoms with Gasteiger partial charge < -0.3 is 14.4 Å². The van der Waals surface area contributed by atoms with Gasteiger partial charge in [-0.3, -0.25) is 0 Å². The molecule has 0 saturated heterocycles. The number of para-hydroxylation sites is 1. The summed E-state index contributed by atoms with van der Waals surface area (Å²) in [5, 5.41) is 12.9. The molecule has 0 aliphatic heterocycles. The summed E-state index contributed by atoms with van der Waals surface area (Å²) in [5.41, 5.74) is 1.78. The number of rotatable bonds is 4. The zero-order chi connectivity index (χ0) is 13.8. The highest BCUT2D eigenvalue weighted by atomic mass is 16.3. The number of fused-ring (bicyclic) bond motifs is 1. The molecule has 0 unspecified atom stereocenters. The van der Waals surface area contributed by atoms with Crippen LogP contribution >= 0.6 is 0 Å². The summed E-state index contributed by atoms with van der Waals surface area (Å²) in [6, 6.07) is 7.95. The Kier molecular flexibility index (Phi) is 3.85. The first-order valence-corrected chi connectivity index (χ1v) is 6.01. The lowest BCUT2D eigenvalue weighted by atomic mass is 10.2. The van der Waals surface area contributed by atoms with Crippen LogP contribution < -0.4 is 0 Å². The first kappa shape index (κ1) is 13.1. The summed E-state index contributed by atoms with van der Waals surface area (Å²) in [5.74, 6) is 0.731. The molecule has 0 aliphatic rings. The Morgan fingerprint density at radius 3 is 2.37 bits per heavy atom. The van der Waals surface area contributed by atoms with Crippen molar-refractivity contribution in [3.05, 3.63) is 35.6 Å². The minimum atomic E-state index is 0.731. The predicted molar refractivity (Wildman–Crippen MR) is 78.8 cm³/mol. The maximum Gasteiger partial charge on any atom is 0.148 e. The molecule has 2 rings (SSSR count). The number of benzene rings is 1. The molecular weight excluding hydrogens is 240 g/mol. The Balaban J connectivity index is 2.39. The summed E-state index contributed by atoms with van der Waals surface area (Å²) in [6.07, 6.45) is 3.49. The number of hydrogen-bond donors (Lipinski definition) is 0. The molecule has 19 heavy (non-hydrogen) atoms. The molecular formula is C14H18N4O. The molecule has 0 radical (unpaired) electrons. The number of hydrogen-bond acceptors (Lipinski definition) is 5. The summed E-state index contributed by atoms with van der Waals surface area (Å²) in [4.78, 5) is 0. The van der Waals surface area contributed by atoms with Gasteiger partial charge in [-0.25, -0.2) is 0 Å². The molecule has 5 heteroatoms.